The summed E-state index contributed by atoms with van der Waals surface area (Å²) in [5.74, 6) is 1.00. The van der Waals surface area contributed by atoms with Crippen LogP contribution in [0, 0.1) is 6.92 Å². The minimum absolute atomic E-state index is 0.127. The molecule has 152 valence electrons. The Labute approximate surface area is 171 Å². The van der Waals surface area contributed by atoms with Crippen LogP contribution in [0.3, 0.4) is 0 Å². The Morgan fingerprint density at radius 2 is 2.03 bits per heavy atom. The zero-order chi connectivity index (χ0) is 21.1. The van der Waals surface area contributed by atoms with Crippen molar-refractivity contribution in [1.82, 2.24) is 25.1 Å². The van der Waals surface area contributed by atoms with E-state index < -0.39 is 0 Å². The number of nitrogens with zero attached hydrogens (tertiary/aromatic N) is 5. The molecule has 2 aromatic carbocycles. The number of anilines is 2. The smallest absolute Gasteiger partial charge is 0.282 e. The molecular weight excluding hydrogens is 386 g/mol. The maximum absolute atomic E-state index is 12.3. The Hall–Kier alpha value is -4.21. The Kier molecular flexibility index (Phi) is 5.12. The number of hydrogen-bond acceptors (Lipinski definition) is 8. The highest BCUT2D eigenvalue weighted by Gasteiger charge is 2.20. The van der Waals surface area contributed by atoms with Gasteiger partial charge in [-0.1, -0.05) is 46.3 Å². The summed E-state index contributed by atoms with van der Waals surface area (Å²) in [7, 11) is 1.56. The topological polar surface area (TPSA) is 134 Å². The van der Waals surface area contributed by atoms with Crippen molar-refractivity contribution in [3.8, 4) is 28.7 Å². The third-order valence-electron chi connectivity index (χ3n) is 4.36. The summed E-state index contributed by atoms with van der Waals surface area (Å²) < 4.78 is 11.7. The molecule has 0 unspecified atom stereocenters. The normalized spacial score (nSPS) is 10.7. The van der Waals surface area contributed by atoms with Crippen LogP contribution in [0.2, 0.25) is 0 Å². The number of methoxy groups -OCH3 is 1. The third-order valence-corrected chi connectivity index (χ3v) is 4.36. The lowest BCUT2D eigenvalue weighted by molar-refractivity contribution is -0.116. The van der Waals surface area contributed by atoms with Gasteiger partial charge in [-0.2, -0.15) is 4.98 Å². The molecule has 0 spiro atoms. The average Bonchev–Trinajstić information content (AvgIpc) is 3.36. The molecule has 4 aromatic rings. The summed E-state index contributed by atoms with van der Waals surface area (Å²) in [5.41, 5.74) is 8.85. The van der Waals surface area contributed by atoms with Gasteiger partial charge in [0.05, 0.1) is 7.11 Å². The van der Waals surface area contributed by atoms with Crippen molar-refractivity contribution in [2.75, 3.05) is 18.2 Å². The molecule has 0 saturated carbocycles. The van der Waals surface area contributed by atoms with Crippen LogP contribution in [-0.2, 0) is 11.3 Å². The summed E-state index contributed by atoms with van der Waals surface area (Å²) in [6.45, 7) is 1.86. The van der Waals surface area contributed by atoms with Crippen LogP contribution in [0.1, 0.15) is 5.56 Å². The predicted molar refractivity (Wildman–Crippen MR) is 110 cm³/mol. The molecule has 0 aliphatic heterocycles. The van der Waals surface area contributed by atoms with Gasteiger partial charge in [-0.25, -0.2) is 4.68 Å². The molecule has 10 heteroatoms. The van der Waals surface area contributed by atoms with Crippen LogP contribution in [0.25, 0.3) is 23.0 Å². The molecule has 0 atom stereocenters. The molecule has 0 aliphatic carbocycles. The number of rotatable bonds is 6. The van der Waals surface area contributed by atoms with Crippen molar-refractivity contribution in [1.29, 1.82) is 0 Å². The van der Waals surface area contributed by atoms with E-state index in [0.717, 1.165) is 11.1 Å². The van der Waals surface area contributed by atoms with Gasteiger partial charge in [0.25, 0.3) is 5.89 Å². The number of hydrogen-bond donors (Lipinski definition) is 2. The summed E-state index contributed by atoms with van der Waals surface area (Å²) in [6, 6.07) is 14.7. The van der Waals surface area contributed by atoms with Crippen LogP contribution >= 0.6 is 0 Å². The summed E-state index contributed by atoms with van der Waals surface area (Å²) in [4.78, 5) is 16.7. The fraction of sp³-hybridized carbons (Fsp3) is 0.150. The first-order valence-corrected chi connectivity index (χ1v) is 9.07. The van der Waals surface area contributed by atoms with Gasteiger partial charge in [0.2, 0.25) is 11.7 Å². The van der Waals surface area contributed by atoms with E-state index in [4.69, 9.17) is 15.0 Å². The Morgan fingerprint density at radius 3 is 2.80 bits per heavy atom. The molecule has 30 heavy (non-hydrogen) atoms. The first kappa shape index (κ1) is 19.1. The second kappa shape index (κ2) is 8.03. The summed E-state index contributed by atoms with van der Waals surface area (Å²) >= 11 is 0. The zero-order valence-electron chi connectivity index (χ0n) is 16.4. The highest BCUT2D eigenvalue weighted by atomic mass is 16.5. The largest absolute Gasteiger partial charge is 0.497 e. The van der Waals surface area contributed by atoms with Crippen LogP contribution in [0.15, 0.2) is 53.1 Å². The van der Waals surface area contributed by atoms with E-state index in [9.17, 15) is 4.79 Å². The SMILES string of the molecule is COc1cccc(NC(=O)Cn2nnc(-c3nc(-c4ccc(C)cc4)no3)c2N)c1. The molecule has 0 fully saturated rings. The molecule has 2 aromatic heterocycles. The molecule has 0 aliphatic rings. The van der Waals surface area contributed by atoms with Gasteiger partial charge in [-0.3, -0.25) is 4.79 Å². The lowest BCUT2D eigenvalue weighted by Crippen LogP contribution is -2.20. The molecule has 0 radical (unpaired) electrons. The standard InChI is InChI=1S/C20H19N7O3/c1-12-6-8-13(9-7-12)19-23-20(30-25-19)17-18(21)27(26-24-17)11-16(28)22-14-4-3-5-15(10-14)29-2/h3-10H,11,21H2,1-2H3,(H,22,28). The van der Waals surface area contributed by atoms with Crippen molar-refractivity contribution in [3.05, 3.63) is 54.1 Å². The first-order valence-electron chi connectivity index (χ1n) is 9.07. The van der Waals surface area contributed by atoms with E-state index in [0.29, 0.717) is 17.3 Å². The van der Waals surface area contributed by atoms with E-state index >= 15 is 0 Å². The average molecular weight is 405 g/mol. The number of nitrogens with two attached hydrogens (primary N) is 1. The van der Waals surface area contributed by atoms with E-state index in [1.54, 1.807) is 31.4 Å². The number of amides is 1. The molecule has 4 rings (SSSR count). The van der Waals surface area contributed by atoms with E-state index in [1.165, 1.54) is 4.68 Å². The quantitative estimate of drug-likeness (QED) is 0.500. The van der Waals surface area contributed by atoms with Crippen LogP contribution in [0.5, 0.6) is 5.75 Å². The van der Waals surface area contributed by atoms with Gasteiger partial charge in [0.1, 0.15) is 12.3 Å². The molecule has 3 N–H and O–H groups in total. The Bertz CT molecular complexity index is 1180. The summed E-state index contributed by atoms with van der Waals surface area (Å²) in [6.07, 6.45) is 0. The van der Waals surface area contributed by atoms with Crippen molar-refractivity contribution < 1.29 is 14.1 Å². The second-order valence-electron chi connectivity index (χ2n) is 6.55. The fourth-order valence-corrected chi connectivity index (χ4v) is 2.77. The van der Waals surface area contributed by atoms with E-state index in [1.807, 2.05) is 31.2 Å². The van der Waals surface area contributed by atoms with Crippen LogP contribution in [-0.4, -0.2) is 38.2 Å². The van der Waals surface area contributed by atoms with Crippen molar-refractivity contribution in [2.24, 2.45) is 0 Å². The van der Waals surface area contributed by atoms with Gasteiger partial charge in [-0.15, -0.1) is 5.10 Å². The molecule has 1 amide bonds. The predicted octanol–water partition coefficient (Wildman–Crippen LogP) is 2.53. The monoisotopic (exact) mass is 405 g/mol. The minimum Gasteiger partial charge on any atom is -0.497 e. The lowest BCUT2D eigenvalue weighted by atomic mass is 10.1. The third kappa shape index (κ3) is 3.97. The first-order chi connectivity index (χ1) is 14.5. The summed E-state index contributed by atoms with van der Waals surface area (Å²) in [5, 5.41) is 14.6. The fourth-order valence-electron chi connectivity index (χ4n) is 2.77. The highest BCUT2D eigenvalue weighted by molar-refractivity contribution is 5.91. The molecule has 0 saturated heterocycles. The van der Waals surface area contributed by atoms with Crippen molar-refractivity contribution in [2.45, 2.75) is 13.5 Å². The van der Waals surface area contributed by atoms with Crippen molar-refractivity contribution >= 4 is 17.4 Å². The van der Waals surface area contributed by atoms with Crippen molar-refractivity contribution in [3.63, 3.8) is 0 Å². The lowest BCUT2D eigenvalue weighted by Gasteiger charge is -2.07. The molecular formula is C20H19N7O3. The number of benzene rings is 2. The maximum atomic E-state index is 12.3. The van der Waals surface area contributed by atoms with Gasteiger partial charge in [0, 0.05) is 17.3 Å². The number of aromatic nitrogens is 5. The highest BCUT2D eigenvalue weighted by Crippen LogP contribution is 2.25. The van der Waals surface area contributed by atoms with Gasteiger partial charge in [0.15, 0.2) is 11.5 Å². The number of nitrogen functional groups attached to an aromatic ring is 1. The molecule has 10 nitrogen and oxygen atoms in total. The Morgan fingerprint density at radius 1 is 1.23 bits per heavy atom. The Balaban J connectivity index is 1.48. The molecule has 0 bridgehead atoms. The number of carbonyl (C=O) groups excluding carboxylic acids is 1. The maximum Gasteiger partial charge on any atom is 0.282 e. The van der Waals surface area contributed by atoms with Crippen LogP contribution in [0.4, 0.5) is 11.5 Å². The number of nitrogens with one attached hydrogen (secondary N) is 1. The van der Waals surface area contributed by atoms with Crippen LogP contribution < -0.4 is 15.8 Å². The van der Waals surface area contributed by atoms with Gasteiger partial charge < -0.3 is 20.3 Å². The minimum atomic E-state index is -0.322. The molecule has 2 heterocycles. The van der Waals surface area contributed by atoms with Gasteiger partial charge in [-0.05, 0) is 19.1 Å². The van der Waals surface area contributed by atoms with Gasteiger partial charge >= 0.3 is 0 Å². The number of ether oxygens (including phenoxy) is 1. The number of aryl methyl sites for hydroxylation is 1. The van der Waals surface area contributed by atoms with E-state index in [-0.39, 0.29) is 29.9 Å². The number of carbonyl (C=O) groups is 1. The zero-order valence-corrected chi connectivity index (χ0v) is 16.4. The second-order valence-corrected chi connectivity index (χ2v) is 6.55. The van der Waals surface area contributed by atoms with E-state index in [2.05, 4.69) is 25.8 Å².